The highest BCUT2D eigenvalue weighted by Crippen LogP contribution is 2.32. The molecule has 8 heteroatoms. The van der Waals surface area contributed by atoms with Crippen LogP contribution in [-0.4, -0.2) is 31.8 Å². The molecule has 0 bridgehead atoms. The van der Waals surface area contributed by atoms with E-state index < -0.39 is 15.8 Å². The Hall–Kier alpha value is -2.45. The lowest BCUT2D eigenvalue weighted by Crippen LogP contribution is -2.32. The number of carbonyl (C=O) groups is 1. The normalized spacial score (nSPS) is 17.5. The number of rotatable bonds is 4. The first-order valence-electron chi connectivity index (χ1n) is 8.76. The number of anilines is 1. The van der Waals surface area contributed by atoms with E-state index in [4.69, 9.17) is 4.74 Å². The molecule has 1 saturated carbocycles. The van der Waals surface area contributed by atoms with E-state index in [-0.39, 0.29) is 36.4 Å². The summed E-state index contributed by atoms with van der Waals surface area (Å²) in [5.74, 6) is 0.0302. The average Bonchev–Trinajstić information content (AvgIpc) is 3.48. The number of hydrogen-bond acceptors (Lipinski definition) is 4. The van der Waals surface area contributed by atoms with E-state index in [2.05, 4.69) is 5.32 Å². The highest BCUT2D eigenvalue weighted by atomic mass is 32.2. The van der Waals surface area contributed by atoms with Crippen LogP contribution in [0.15, 0.2) is 47.4 Å². The highest BCUT2D eigenvalue weighted by Gasteiger charge is 2.31. The number of halogens is 1. The van der Waals surface area contributed by atoms with Crippen LogP contribution in [0.2, 0.25) is 0 Å². The fourth-order valence-electron chi connectivity index (χ4n) is 3.02. The van der Waals surface area contributed by atoms with E-state index in [9.17, 15) is 17.6 Å². The van der Waals surface area contributed by atoms with E-state index in [1.165, 1.54) is 22.5 Å². The number of nitrogens with one attached hydrogen (secondary N) is 1. The second-order valence-electron chi connectivity index (χ2n) is 6.73. The van der Waals surface area contributed by atoms with Gasteiger partial charge in [-0.05, 0) is 49.2 Å². The molecule has 2 aliphatic rings. The Balaban J connectivity index is 1.60. The Morgan fingerprint density at radius 1 is 1.19 bits per heavy atom. The predicted molar refractivity (Wildman–Crippen MR) is 97.3 cm³/mol. The van der Waals surface area contributed by atoms with Gasteiger partial charge in [0.2, 0.25) is 15.9 Å². The van der Waals surface area contributed by atoms with Crippen LogP contribution in [0.4, 0.5) is 10.1 Å². The minimum absolute atomic E-state index is 0.0197. The van der Waals surface area contributed by atoms with Gasteiger partial charge in [-0.15, -0.1) is 0 Å². The zero-order valence-corrected chi connectivity index (χ0v) is 15.3. The van der Waals surface area contributed by atoms with Gasteiger partial charge in [0.05, 0.1) is 4.90 Å². The molecule has 0 radical (unpaired) electrons. The highest BCUT2D eigenvalue weighted by molar-refractivity contribution is 7.89. The number of nitrogens with zero attached hydrogens (tertiary/aromatic N) is 1. The first-order chi connectivity index (χ1) is 12.9. The minimum atomic E-state index is -3.86. The van der Waals surface area contributed by atoms with Crippen molar-refractivity contribution in [1.82, 2.24) is 4.31 Å². The molecule has 1 heterocycles. The van der Waals surface area contributed by atoms with Crippen LogP contribution in [0.5, 0.6) is 5.75 Å². The molecular weight excluding hydrogens is 371 g/mol. The fourth-order valence-corrected chi connectivity index (χ4v) is 4.45. The number of carbonyl (C=O) groups excluding carboxylic acids is 1. The molecule has 1 amide bonds. The van der Waals surface area contributed by atoms with Crippen molar-refractivity contribution in [3.05, 3.63) is 53.8 Å². The van der Waals surface area contributed by atoms with Crippen molar-refractivity contribution in [1.29, 1.82) is 0 Å². The zero-order chi connectivity index (χ0) is 19.0. The van der Waals surface area contributed by atoms with Crippen molar-refractivity contribution in [2.75, 3.05) is 18.5 Å². The quantitative estimate of drug-likeness (QED) is 0.871. The fraction of sp³-hybridized carbons (Fsp3) is 0.316. The van der Waals surface area contributed by atoms with Gasteiger partial charge in [-0.3, -0.25) is 4.79 Å². The van der Waals surface area contributed by atoms with Crippen LogP contribution in [0, 0.1) is 11.7 Å². The molecule has 1 N–H and O–H groups in total. The summed E-state index contributed by atoms with van der Waals surface area (Å²) in [6, 6.07) is 10.2. The predicted octanol–water partition coefficient (Wildman–Crippen LogP) is 2.76. The molecule has 4 rings (SSSR count). The molecule has 27 heavy (non-hydrogen) atoms. The number of hydrogen-bond donors (Lipinski definition) is 1. The minimum Gasteiger partial charge on any atom is -0.492 e. The van der Waals surface area contributed by atoms with E-state index in [0.717, 1.165) is 18.9 Å². The first kappa shape index (κ1) is 17.9. The Labute approximate surface area is 157 Å². The lowest BCUT2D eigenvalue weighted by molar-refractivity contribution is -0.117. The van der Waals surface area contributed by atoms with Crippen LogP contribution in [-0.2, 0) is 21.4 Å². The van der Waals surface area contributed by atoms with Crippen LogP contribution >= 0.6 is 0 Å². The number of amides is 1. The van der Waals surface area contributed by atoms with Gasteiger partial charge in [0, 0.05) is 30.3 Å². The molecular formula is C19H19FN2O4S. The summed E-state index contributed by atoms with van der Waals surface area (Å²) in [5.41, 5.74) is 1.26. The van der Waals surface area contributed by atoms with Crippen molar-refractivity contribution in [3.63, 3.8) is 0 Å². The zero-order valence-electron chi connectivity index (χ0n) is 14.5. The standard InChI is InChI=1S/C19H19FN2O4S/c20-15-2-1-3-17(11-15)27(24,25)22-8-9-26-18-7-6-16(10-14(18)12-22)21-19(23)13-4-5-13/h1-3,6-7,10-11,13H,4-5,8-9,12H2,(H,21,23). The van der Waals surface area contributed by atoms with E-state index in [1.54, 1.807) is 18.2 Å². The van der Waals surface area contributed by atoms with Crippen molar-refractivity contribution in [2.45, 2.75) is 24.3 Å². The van der Waals surface area contributed by atoms with Gasteiger partial charge in [-0.1, -0.05) is 6.07 Å². The lowest BCUT2D eigenvalue weighted by Gasteiger charge is -2.19. The molecule has 6 nitrogen and oxygen atoms in total. The smallest absolute Gasteiger partial charge is 0.243 e. The third-order valence-electron chi connectivity index (χ3n) is 4.65. The van der Waals surface area contributed by atoms with Crippen molar-refractivity contribution >= 4 is 21.6 Å². The molecule has 142 valence electrons. The summed E-state index contributed by atoms with van der Waals surface area (Å²) < 4.78 is 46.2. The van der Waals surface area contributed by atoms with Gasteiger partial charge in [-0.2, -0.15) is 4.31 Å². The summed E-state index contributed by atoms with van der Waals surface area (Å²) in [6.45, 7) is 0.425. The summed E-state index contributed by atoms with van der Waals surface area (Å²) in [4.78, 5) is 11.9. The molecule has 1 aliphatic heterocycles. The Bertz CT molecular complexity index is 989. The monoisotopic (exact) mass is 390 g/mol. The van der Waals surface area contributed by atoms with Crippen LogP contribution in [0.1, 0.15) is 18.4 Å². The van der Waals surface area contributed by atoms with E-state index in [1.807, 2.05) is 0 Å². The Kier molecular flexibility index (Phi) is 4.61. The molecule has 0 spiro atoms. The summed E-state index contributed by atoms with van der Waals surface area (Å²) in [7, 11) is -3.86. The summed E-state index contributed by atoms with van der Waals surface area (Å²) in [5, 5.41) is 2.86. The van der Waals surface area contributed by atoms with Crippen molar-refractivity contribution in [3.8, 4) is 5.75 Å². The second kappa shape index (κ2) is 6.94. The second-order valence-corrected chi connectivity index (χ2v) is 8.67. The largest absolute Gasteiger partial charge is 0.492 e. The van der Waals surface area contributed by atoms with Gasteiger partial charge in [0.1, 0.15) is 18.2 Å². The van der Waals surface area contributed by atoms with Gasteiger partial charge >= 0.3 is 0 Å². The first-order valence-corrected chi connectivity index (χ1v) is 10.2. The number of ether oxygens (including phenoxy) is 1. The molecule has 1 fully saturated rings. The van der Waals surface area contributed by atoms with Crippen molar-refractivity contribution in [2.24, 2.45) is 5.92 Å². The Morgan fingerprint density at radius 3 is 2.74 bits per heavy atom. The molecule has 2 aromatic rings. The summed E-state index contributed by atoms with van der Waals surface area (Å²) in [6.07, 6.45) is 1.80. The molecule has 0 unspecified atom stereocenters. The molecule has 0 aromatic heterocycles. The van der Waals surface area contributed by atoms with E-state index in [0.29, 0.717) is 17.0 Å². The topological polar surface area (TPSA) is 75.7 Å². The van der Waals surface area contributed by atoms with Crippen LogP contribution in [0.3, 0.4) is 0 Å². The van der Waals surface area contributed by atoms with Gasteiger partial charge < -0.3 is 10.1 Å². The molecule has 0 saturated heterocycles. The van der Waals surface area contributed by atoms with Crippen LogP contribution < -0.4 is 10.1 Å². The summed E-state index contributed by atoms with van der Waals surface area (Å²) >= 11 is 0. The number of benzene rings is 2. The van der Waals surface area contributed by atoms with Crippen LogP contribution in [0.25, 0.3) is 0 Å². The Morgan fingerprint density at radius 2 is 2.00 bits per heavy atom. The number of sulfonamides is 1. The van der Waals surface area contributed by atoms with Gasteiger partial charge in [0.15, 0.2) is 0 Å². The third-order valence-corrected chi connectivity index (χ3v) is 6.50. The van der Waals surface area contributed by atoms with Gasteiger partial charge in [0.25, 0.3) is 0 Å². The third kappa shape index (κ3) is 3.81. The van der Waals surface area contributed by atoms with Gasteiger partial charge in [-0.25, -0.2) is 12.8 Å². The number of fused-ring (bicyclic) bond motifs is 1. The average molecular weight is 390 g/mol. The maximum absolute atomic E-state index is 13.5. The molecule has 0 atom stereocenters. The lowest BCUT2D eigenvalue weighted by atomic mass is 10.1. The SMILES string of the molecule is O=C(Nc1ccc2c(c1)CN(S(=O)(=O)c1cccc(F)c1)CCO2)C1CC1. The maximum Gasteiger partial charge on any atom is 0.243 e. The van der Waals surface area contributed by atoms with E-state index >= 15 is 0 Å². The molecule has 2 aromatic carbocycles. The molecule has 1 aliphatic carbocycles. The van der Waals surface area contributed by atoms with Crippen molar-refractivity contribution < 1.29 is 22.3 Å². The maximum atomic E-state index is 13.5.